The third-order valence-electron chi connectivity index (χ3n) is 5.49. The molecule has 20 heavy (non-hydrogen) atoms. The standard InChI is InChI=1S/C15H21F2NOS/c1-8(2)14(3)13(19)18-12(20-14)6-9-4-11-5-10(9)7-15(11,16)17/h8-11H,4-7H2,1-3H3. The van der Waals surface area contributed by atoms with Gasteiger partial charge >= 0.3 is 0 Å². The van der Waals surface area contributed by atoms with Gasteiger partial charge < -0.3 is 0 Å². The molecule has 0 aromatic rings. The third kappa shape index (κ3) is 2.13. The fourth-order valence-corrected chi connectivity index (χ4v) is 5.07. The molecule has 1 aliphatic heterocycles. The van der Waals surface area contributed by atoms with E-state index in [0.29, 0.717) is 18.8 Å². The number of amides is 1. The molecule has 0 N–H and O–H groups in total. The van der Waals surface area contributed by atoms with Crippen LogP contribution >= 0.6 is 11.8 Å². The van der Waals surface area contributed by atoms with E-state index in [9.17, 15) is 13.6 Å². The quantitative estimate of drug-likeness (QED) is 0.784. The summed E-state index contributed by atoms with van der Waals surface area (Å²) in [4.78, 5) is 16.3. The number of aliphatic imine (C=N–C) groups is 1. The monoisotopic (exact) mass is 301 g/mol. The number of alkyl halides is 2. The van der Waals surface area contributed by atoms with Crippen molar-refractivity contribution in [2.24, 2.45) is 28.7 Å². The van der Waals surface area contributed by atoms with E-state index < -0.39 is 16.6 Å². The van der Waals surface area contributed by atoms with E-state index in [1.165, 1.54) is 0 Å². The first-order valence-corrected chi connectivity index (χ1v) is 8.23. The number of hydrogen-bond donors (Lipinski definition) is 0. The predicted octanol–water partition coefficient (Wildman–Crippen LogP) is 4.14. The number of rotatable bonds is 3. The molecule has 0 radical (unpaired) electrons. The van der Waals surface area contributed by atoms with Gasteiger partial charge in [0.2, 0.25) is 0 Å². The molecule has 3 aliphatic rings. The highest BCUT2D eigenvalue weighted by molar-refractivity contribution is 8.16. The van der Waals surface area contributed by atoms with Crippen molar-refractivity contribution in [1.29, 1.82) is 0 Å². The van der Waals surface area contributed by atoms with E-state index in [0.717, 1.165) is 11.5 Å². The Hall–Kier alpha value is -0.450. The van der Waals surface area contributed by atoms with Crippen molar-refractivity contribution in [3.63, 3.8) is 0 Å². The van der Waals surface area contributed by atoms with E-state index in [1.54, 1.807) is 11.8 Å². The SMILES string of the molecule is CC(C)C1(C)SC(CC2CC3CC2CC3(F)F)=NC1=O. The molecule has 2 aliphatic carbocycles. The third-order valence-corrected chi connectivity index (χ3v) is 7.06. The molecular weight excluding hydrogens is 280 g/mol. The van der Waals surface area contributed by atoms with Gasteiger partial charge in [0.05, 0.1) is 5.04 Å². The Balaban J connectivity index is 1.65. The largest absolute Gasteiger partial charge is 0.271 e. The Bertz CT molecular complexity index is 476. The smallest absolute Gasteiger partial charge is 0.263 e. The minimum atomic E-state index is -2.45. The number of carbonyl (C=O) groups excluding carboxylic acids is 1. The molecular formula is C15H21F2NOS. The van der Waals surface area contributed by atoms with Crippen molar-refractivity contribution >= 4 is 22.7 Å². The lowest BCUT2D eigenvalue weighted by Crippen LogP contribution is -2.33. The summed E-state index contributed by atoms with van der Waals surface area (Å²) in [5, 5.41) is 0.868. The van der Waals surface area contributed by atoms with Crippen LogP contribution in [-0.4, -0.2) is 21.6 Å². The zero-order chi connectivity index (χ0) is 14.7. The first-order valence-electron chi connectivity index (χ1n) is 7.41. The van der Waals surface area contributed by atoms with E-state index in [2.05, 4.69) is 4.99 Å². The van der Waals surface area contributed by atoms with Gasteiger partial charge in [-0.1, -0.05) is 25.6 Å². The van der Waals surface area contributed by atoms with E-state index in [1.807, 2.05) is 20.8 Å². The molecule has 112 valence electrons. The topological polar surface area (TPSA) is 29.4 Å². The minimum absolute atomic E-state index is 0.0374. The zero-order valence-corrected chi connectivity index (χ0v) is 13.0. The lowest BCUT2D eigenvalue weighted by atomic mass is 9.85. The van der Waals surface area contributed by atoms with E-state index in [-0.39, 0.29) is 24.2 Å². The van der Waals surface area contributed by atoms with Crippen LogP contribution in [0.4, 0.5) is 8.78 Å². The maximum atomic E-state index is 13.5. The van der Waals surface area contributed by atoms with Crippen LogP contribution in [0.5, 0.6) is 0 Å². The summed E-state index contributed by atoms with van der Waals surface area (Å²) in [5.74, 6) is -2.29. The molecule has 1 amide bonds. The second-order valence-corrected chi connectivity index (χ2v) is 8.56. The summed E-state index contributed by atoms with van der Waals surface area (Å²) in [5.41, 5.74) is 0. The molecule has 5 heteroatoms. The van der Waals surface area contributed by atoms with Gasteiger partial charge in [-0.15, -0.1) is 0 Å². The lowest BCUT2D eigenvalue weighted by Gasteiger charge is -2.28. The highest BCUT2D eigenvalue weighted by Crippen LogP contribution is 2.58. The van der Waals surface area contributed by atoms with Crippen molar-refractivity contribution < 1.29 is 13.6 Å². The fourth-order valence-electron chi connectivity index (χ4n) is 3.78. The Kier molecular flexibility index (Phi) is 3.27. The first kappa shape index (κ1) is 14.5. The predicted molar refractivity (Wildman–Crippen MR) is 77.2 cm³/mol. The lowest BCUT2D eigenvalue weighted by molar-refractivity contribution is -0.120. The summed E-state index contributed by atoms with van der Waals surface area (Å²) < 4.78 is 26.6. The van der Waals surface area contributed by atoms with Crippen LogP contribution in [0.25, 0.3) is 0 Å². The van der Waals surface area contributed by atoms with E-state index in [4.69, 9.17) is 0 Å². The second kappa shape index (κ2) is 4.52. The molecule has 4 atom stereocenters. The van der Waals surface area contributed by atoms with Crippen molar-refractivity contribution in [3.05, 3.63) is 0 Å². The van der Waals surface area contributed by atoms with Gasteiger partial charge in [0.1, 0.15) is 4.75 Å². The van der Waals surface area contributed by atoms with Crippen LogP contribution in [-0.2, 0) is 4.79 Å². The van der Waals surface area contributed by atoms with Gasteiger partial charge in [-0.25, -0.2) is 13.8 Å². The van der Waals surface area contributed by atoms with Gasteiger partial charge in [-0.2, -0.15) is 0 Å². The number of fused-ring (bicyclic) bond motifs is 2. The number of nitrogens with zero attached hydrogens (tertiary/aromatic N) is 1. The highest BCUT2D eigenvalue weighted by Gasteiger charge is 2.57. The number of hydrogen-bond acceptors (Lipinski definition) is 2. The van der Waals surface area contributed by atoms with Gasteiger partial charge in [0.15, 0.2) is 0 Å². The van der Waals surface area contributed by atoms with Crippen molar-refractivity contribution in [2.75, 3.05) is 0 Å². The molecule has 2 nitrogen and oxygen atoms in total. The number of carbonyl (C=O) groups is 1. The summed E-state index contributed by atoms with van der Waals surface area (Å²) in [7, 11) is 0. The fraction of sp³-hybridized carbons (Fsp3) is 0.867. The number of thioether (sulfide) groups is 1. The van der Waals surface area contributed by atoms with Gasteiger partial charge in [0.25, 0.3) is 11.8 Å². The molecule has 0 saturated heterocycles. The Morgan fingerprint density at radius 2 is 2.10 bits per heavy atom. The van der Waals surface area contributed by atoms with Crippen molar-refractivity contribution in [3.8, 4) is 0 Å². The van der Waals surface area contributed by atoms with Crippen LogP contribution in [0, 0.1) is 23.7 Å². The van der Waals surface area contributed by atoms with E-state index >= 15 is 0 Å². The maximum absolute atomic E-state index is 13.5. The van der Waals surface area contributed by atoms with Crippen molar-refractivity contribution in [1.82, 2.24) is 0 Å². The summed E-state index contributed by atoms with van der Waals surface area (Å²) >= 11 is 1.56. The van der Waals surface area contributed by atoms with Gasteiger partial charge in [-0.3, -0.25) is 4.79 Å². The molecule has 0 spiro atoms. The first-order chi connectivity index (χ1) is 9.22. The molecule has 0 aromatic heterocycles. The summed E-state index contributed by atoms with van der Waals surface area (Å²) in [6.45, 7) is 6.00. The average Bonchev–Trinajstić information content (AvgIpc) is 2.91. The molecule has 2 bridgehead atoms. The molecule has 1 heterocycles. The molecule has 0 aromatic carbocycles. The Morgan fingerprint density at radius 3 is 2.55 bits per heavy atom. The van der Waals surface area contributed by atoms with Crippen LogP contribution in [0.15, 0.2) is 4.99 Å². The Morgan fingerprint density at radius 1 is 1.40 bits per heavy atom. The van der Waals surface area contributed by atoms with Crippen molar-refractivity contribution in [2.45, 2.75) is 57.1 Å². The van der Waals surface area contributed by atoms with Crippen LogP contribution < -0.4 is 0 Å². The van der Waals surface area contributed by atoms with Gasteiger partial charge in [-0.05, 0) is 43.9 Å². The minimum Gasteiger partial charge on any atom is -0.271 e. The summed E-state index contributed by atoms with van der Waals surface area (Å²) in [6.07, 6.45) is 2.01. The van der Waals surface area contributed by atoms with Gasteiger partial charge in [0, 0.05) is 12.3 Å². The number of halogens is 2. The van der Waals surface area contributed by atoms with Crippen LogP contribution in [0.2, 0.25) is 0 Å². The van der Waals surface area contributed by atoms with Crippen LogP contribution in [0.3, 0.4) is 0 Å². The molecule has 4 unspecified atom stereocenters. The zero-order valence-electron chi connectivity index (χ0n) is 12.2. The highest BCUT2D eigenvalue weighted by atomic mass is 32.2. The van der Waals surface area contributed by atoms with Crippen LogP contribution in [0.1, 0.15) is 46.5 Å². The molecule has 2 saturated carbocycles. The normalized spacial score (nSPS) is 42.6. The average molecular weight is 301 g/mol. The molecule has 2 fully saturated rings. The Labute approximate surface area is 122 Å². The summed E-state index contributed by atoms with van der Waals surface area (Å²) in [6, 6.07) is 0. The maximum Gasteiger partial charge on any atom is 0.263 e. The molecule has 3 rings (SSSR count). The second-order valence-electron chi connectivity index (χ2n) is 7.03.